The van der Waals surface area contributed by atoms with Crippen molar-refractivity contribution in [2.75, 3.05) is 32.8 Å². The SMILES string of the molecule is CCCC(C)(CNC(C)(C)C)CN(CC)CCCO. The van der Waals surface area contributed by atoms with Crippen LogP contribution in [0.1, 0.15) is 60.8 Å². The summed E-state index contributed by atoms with van der Waals surface area (Å²) in [6.07, 6.45) is 3.34. The fourth-order valence-electron chi connectivity index (χ4n) is 2.49. The van der Waals surface area contributed by atoms with E-state index >= 15 is 0 Å². The van der Waals surface area contributed by atoms with Crippen molar-refractivity contribution < 1.29 is 5.11 Å². The molecule has 0 bridgehead atoms. The van der Waals surface area contributed by atoms with E-state index in [0.717, 1.165) is 32.6 Å². The third-order valence-corrected chi connectivity index (χ3v) is 3.58. The van der Waals surface area contributed by atoms with Crippen molar-refractivity contribution in [3.63, 3.8) is 0 Å². The smallest absolute Gasteiger partial charge is 0.0443 e. The Labute approximate surface area is 120 Å². The Morgan fingerprint density at radius 1 is 1.11 bits per heavy atom. The van der Waals surface area contributed by atoms with E-state index in [0.29, 0.717) is 12.0 Å². The van der Waals surface area contributed by atoms with Crippen molar-refractivity contribution in [3.8, 4) is 0 Å². The Morgan fingerprint density at radius 3 is 2.16 bits per heavy atom. The maximum Gasteiger partial charge on any atom is 0.0443 e. The van der Waals surface area contributed by atoms with Crippen molar-refractivity contribution in [1.82, 2.24) is 10.2 Å². The van der Waals surface area contributed by atoms with Gasteiger partial charge in [0.15, 0.2) is 0 Å². The van der Waals surface area contributed by atoms with E-state index in [-0.39, 0.29) is 5.54 Å². The maximum atomic E-state index is 8.98. The highest BCUT2D eigenvalue weighted by Crippen LogP contribution is 2.25. The minimum absolute atomic E-state index is 0.178. The van der Waals surface area contributed by atoms with E-state index in [1.165, 1.54) is 12.8 Å². The molecule has 3 heteroatoms. The number of aliphatic hydroxyl groups excluding tert-OH is 1. The Morgan fingerprint density at radius 2 is 1.74 bits per heavy atom. The molecule has 19 heavy (non-hydrogen) atoms. The van der Waals surface area contributed by atoms with Crippen molar-refractivity contribution in [2.24, 2.45) is 5.41 Å². The molecule has 0 saturated carbocycles. The summed E-state index contributed by atoms with van der Waals surface area (Å²) >= 11 is 0. The summed E-state index contributed by atoms with van der Waals surface area (Å²) in [5.41, 5.74) is 0.491. The molecule has 0 aliphatic carbocycles. The van der Waals surface area contributed by atoms with Gasteiger partial charge >= 0.3 is 0 Å². The number of hydrogen-bond acceptors (Lipinski definition) is 3. The van der Waals surface area contributed by atoms with Gasteiger partial charge in [-0.1, -0.05) is 27.2 Å². The molecule has 0 aromatic rings. The zero-order valence-electron chi connectivity index (χ0n) is 14.1. The van der Waals surface area contributed by atoms with Gasteiger partial charge < -0.3 is 15.3 Å². The van der Waals surface area contributed by atoms with Gasteiger partial charge in [-0.15, -0.1) is 0 Å². The predicted octanol–water partition coefficient (Wildman–Crippen LogP) is 2.89. The van der Waals surface area contributed by atoms with Crippen LogP contribution in [-0.4, -0.2) is 48.3 Å². The monoisotopic (exact) mass is 272 g/mol. The molecule has 0 fully saturated rings. The molecule has 0 aromatic heterocycles. The van der Waals surface area contributed by atoms with Gasteiger partial charge in [-0.05, 0) is 45.6 Å². The average Bonchev–Trinajstić information content (AvgIpc) is 2.32. The summed E-state index contributed by atoms with van der Waals surface area (Å²) in [5.74, 6) is 0. The number of nitrogens with zero attached hydrogens (tertiary/aromatic N) is 1. The maximum absolute atomic E-state index is 8.98. The van der Waals surface area contributed by atoms with Crippen molar-refractivity contribution in [2.45, 2.75) is 66.3 Å². The molecule has 3 nitrogen and oxygen atoms in total. The molecule has 0 aliphatic rings. The molecule has 2 N–H and O–H groups in total. The lowest BCUT2D eigenvalue weighted by Crippen LogP contribution is -2.47. The molecule has 0 saturated heterocycles. The Balaban J connectivity index is 4.48. The average molecular weight is 272 g/mol. The van der Waals surface area contributed by atoms with Gasteiger partial charge in [-0.2, -0.15) is 0 Å². The molecule has 0 rings (SSSR count). The Bertz CT molecular complexity index is 225. The van der Waals surface area contributed by atoms with Crippen LogP contribution in [0.25, 0.3) is 0 Å². The number of hydrogen-bond donors (Lipinski definition) is 2. The van der Waals surface area contributed by atoms with Gasteiger partial charge in [0.25, 0.3) is 0 Å². The second kappa shape index (κ2) is 8.93. The highest BCUT2D eigenvalue weighted by atomic mass is 16.3. The fourth-order valence-corrected chi connectivity index (χ4v) is 2.49. The second-order valence-electron chi connectivity index (χ2n) is 7.11. The van der Waals surface area contributed by atoms with Gasteiger partial charge in [0.2, 0.25) is 0 Å². The van der Waals surface area contributed by atoms with Gasteiger partial charge in [-0.25, -0.2) is 0 Å². The second-order valence-corrected chi connectivity index (χ2v) is 7.11. The zero-order chi connectivity index (χ0) is 14.9. The highest BCUT2D eigenvalue weighted by Gasteiger charge is 2.27. The molecule has 0 aliphatic heterocycles. The topological polar surface area (TPSA) is 35.5 Å². The van der Waals surface area contributed by atoms with E-state index in [1.54, 1.807) is 0 Å². The summed E-state index contributed by atoms with van der Waals surface area (Å²) in [7, 11) is 0. The van der Waals surface area contributed by atoms with Gasteiger partial charge in [0.1, 0.15) is 0 Å². The van der Waals surface area contributed by atoms with Crippen LogP contribution < -0.4 is 5.32 Å². The molecule has 0 heterocycles. The van der Waals surface area contributed by atoms with E-state index in [4.69, 9.17) is 5.11 Å². The Hall–Kier alpha value is -0.120. The lowest BCUT2D eigenvalue weighted by atomic mass is 9.84. The van der Waals surface area contributed by atoms with Crippen molar-refractivity contribution in [3.05, 3.63) is 0 Å². The minimum atomic E-state index is 0.178. The van der Waals surface area contributed by atoms with Crippen LogP contribution in [0.3, 0.4) is 0 Å². The van der Waals surface area contributed by atoms with Gasteiger partial charge in [0.05, 0.1) is 0 Å². The molecule has 1 atom stereocenters. The first-order chi connectivity index (χ1) is 8.76. The van der Waals surface area contributed by atoms with Gasteiger partial charge in [-0.3, -0.25) is 0 Å². The molecule has 1 unspecified atom stereocenters. The van der Waals surface area contributed by atoms with Crippen LogP contribution in [0.15, 0.2) is 0 Å². The lowest BCUT2D eigenvalue weighted by molar-refractivity contribution is 0.136. The van der Waals surface area contributed by atoms with Crippen LogP contribution in [-0.2, 0) is 0 Å². The number of rotatable bonds is 10. The summed E-state index contributed by atoms with van der Waals surface area (Å²) in [4.78, 5) is 2.47. The van der Waals surface area contributed by atoms with E-state index in [9.17, 15) is 0 Å². The van der Waals surface area contributed by atoms with E-state index in [2.05, 4.69) is 51.8 Å². The fraction of sp³-hybridized carbons (Fsp3) is 1.00. The largest absolute Gasteiger partial charge is 0.396 e. The Kier molecular flexibility index (Phi) is 8.88. The first-order valence-electron chi connectivity index (χ1n) is 7.84. The lowest BCUT2D eigenvalue weighted by Gasteiger charge is -2.37. The third kappa shape index (κ3) is 9.42. The van der Waals surface area contributed by atoms with Crippen molar-refractivity contribution in [1.29, 1.82) is 0 Å². The first kappa shape index (κ1) is 18.9. The standard InChI is InChI=1S/C16H36N2O/c1-7-10-16(6,13-17-15(3,4)5)14-18(8-2)11-9-12-19/h17,19H,7-14H2,1-6H3. The summed E-state index contributed by atoms with van der Waals surface area (Å²) < 4.78 is 0. The van der Waals surface area contributed by atoms with Crippen LogP contribution in [0.5, 0.6) is 0 Å². The van der Waals surface area contributed by atoms with Crippen LogP contribution in [0.2, 0.25) is 0 Å². The summed E-state index contributed by atoms with van der Waals surface area (Å²) in [6.45, 7) is 18.1. The normalized spacial score (nSPS) is 15.8. The molecule has 116 valence electrons. The number of nitrogens with one attached hydrogen (secondary N) is 1. The molecule has 0 amide bonds. The molecular formula is C16H36N2O. The van der Waals surface area contributed by atoms with Crippen LogP contribution in [0.4, 0.5) is 0 Å². The van der Waals surface area contributed by atoms with Gasteiger partial charge in [0, 0.05) is 31.8 Å². The number of aliphatic hydroxyl groups is 1. The molecule has 0 radical (unpaired) electrons. The highest BCUT2D eigenvalue weighted by molar-refractivity contribution is 4.84. The quantitative estimate of drug-likeness (QED) is 0.642. The summed E-state index contributed by atoms with van der Waals surface area (Å²) in [5, 5.41) is 12.6. The molecular weight excluding hydrogens is 236 g/mol. The van der Waals surface area contributed by atoms with Crippen LogP contribution >= 0.6 is 0 Å². The minimum Gasteiger partial charge on any atom is -0.396 e. The predicted molar refractivity (Wildman–Crippen MR) is 84.6 cm³/mol. The molecule has 0 aromatic carbocycles. The van der Waals surface area contributed by atoms with Crippen molar-refractivity contribution >= 4 is 0 Å². The summed E-state index contributed by atoms with van der Waals surface area (Å²) in [6, 6.07) is 0. The molecule has 0 spiro atoms. The van der Waals surface area contributed by atoms with E-state index < -0.39 is 0 Å². The first-order valence-corrected chi connectivity index (χ1v) is 7.84. The third-order valence-electron chi connectivity index (χ3n) is 3.58. The van der Waals surface area contributed by atoms with Crippen LogP contribution in [0, 0.1) is 5.41 Å². The van der Waals surface area contributed by atoms with E-state index in [1.807, 2.05) is 0 Å². The zero-order valence-corrected chi connectivity index (χ0v) is 14.1.